The molecule has 1 rings (SSSR count). The first kappa shape index (κ1) is 18.5. The number of nitrogens with one attached hydrogen (secondary N) is 1. The van der Waals surface area contributed by atoms with Gasteiger partial charge in [0.15, 0.2) is 0 Å². The van der Waals surface area contributed by atoms with E-state index in [4.69, 9.17) is 15.3 Å². The number of rotatable bonds is 8. The minimum absolute atomic E-state index is 0.437. The fourth-order valence-corrected chi connectivity index (χ4v) is 1.87. The van der Waals surface area contributed by atoms with E-state index in [1.54, 1.807) is 0 Å². The van der Waals surface area contributed by atoms with Gasteiger partial charge in [0, 0.05) is 12.5 Å². The van der Waals surface area contributed by atoms with Crippen molar-refractivity contribution in [1.29, 1.82) is 0 Å². The van der Waals surface area contributed by atoms with E-state index in [0.29, 0.717) is 0 Å². The van der Waals surface area contributed by atoms with E-state index in [0.717, 1.165) is 18.2 Å². The first-order chi connectivity index (χ1) is 11.1. The van der Waals surface area contributed by atoms with Crippen LogP contribution in [0, 0.1) is 10.1 Å². The third kappa shape index (κ3) is 4.50. The molecule has 1 aromatic carbocycles. The zero-order valence-corrected chi connectivity index (χ0v) is 12.0. The van der Waals surface area contributed by atoms with Crippen molar-refractivity contribution >= 4 is 29.5 Å². The summed E-state index contributed by atoms with van der Waals surface area (Å²) in [4.78, 5) is 54.7. The monoisotopic (exact) mass is 340 g/mol. The first-order valence-corrected chi connectivity index (χ1v) is 6.41. The number of nitro groups is 1. The number of nitro benzene ring substituents is 1. The van der Waals surface area contributed by atoms with Crippen LogP contribution in [0.15, 0.2) is 18.2 Å². The van der Waals surface area contributed by atoms with Gasteiger partial charge in [0.1, 0.15) is 11.6 Å². The second-order valence-corrected chi connectivity index (χ2v) is 4.56. The average molecular weight is 340 g/mol. The molecule has 0 unspecified atom stereocenters. The molecule has 1 aromatic rings. The molecule has 0 fully saturated rings. The Bertz CT molecular complexity index is 713. The summed E-state index contributed by atoms with van der Waals surface area (Å²) in [5, 5.41) is 39.4. The molecule has 0 aliphatic heterocycles. The van der Waals surface area contributed by atoms with Gasteiger partial charge in [-0.25, -0.2) is 9.59 Å². The maximum absolute atomic E-state index is 12.1. The Morgan fingerprint density at radius 1 is 1.17 bits per heavy atom. The number of aliphatic carboxylic acids is 2. The van der Waals surface area contributed by atoms with Crippen molar-refractivity contribution in [3.05, 3.63) is 39.4 Å². The summed E-state index contributed by atoms with van der Waals surface area (Å²) in [6.07, 6.45) is -0.980. The van der Waals surface area contributed by atoms with Gasteiger partial charge >= 0.3 is 17.9 Å². The Kier molecular flexibility index (Phi) is 5.93. The predicted molar refractivity (Wildman–Crippen MR) is 75.8 cm³/mol. The molecular formula is C13H12N2O9. The Morgan fingerprint density at radius 2 is 1.79 bits per heavy atom. The van der Waals surface area contributed by atoms with Crippen LogP contribution in [0.4, 0.5) is 5.69 Å². The maximum atomic E-state index is 12.1. The van der Waals surface area contributed by atoms with E-state index in [9.17, 15) is 29.3 Å². The minimum atomic E-state index is -1.73. The van der Waals surface area contributed by atoms with Crippen LogP contribution in [0.25, 0.3) is 0 Å². The standard InChI is InChI=1S/C13H12N2O9/c16-9(17)5-4-7(12(19)20)14-11(18)6-2-1-3-8(15(23)24)10(6)13(21)22/h1-3,7H,4-5H2,(H,14,18)(H,16,17)(H,19,20)(H,21,22)/t7-/m0/s1. The van der Waals surface area contributed by atoms with Crippen LogP contribution in [0.2, 0.25) is 0 Å². The van der Waals surface area contributed by atoms with Gasteiger partial charge in [-0.05, 0) is 12.5 Å². The Labute approximate surface area is 133 Å². The number of carbonyl (C=O) groups is 4. The van der Waals surface area contributed by atoms with E-state index >= 15 is 0 Å². The number of benzene rings is 1. The van der Waals surface area contributed by atoms with Gasteiger partial charge in [0.2, 0.25) is 0 Å². The minimum Gasteiger partial charge on any atom is -0.481 e. The molecule has 0 saturated heterocycles. The quantitative estimate of drug-likeness (QED) is 0.382. The maximum Gasteiger partial charge on any atom is 0.343 e. The smallest absolute Gasteiger partial charge is 0.343 e. The van der Waals surface area contributed by atoms with Crippen molar-refractivity contribution in [3.63, 3.8) is 0 Å². The van der Waals surface area contributed by atoms with Crippen molar-refractivity contribution in [2.24, 2.45) is 0 Å². The fourth-order valence-electron chi connectivity index (χ4n) is 1.87. The number of carboxylic acids is 3. The second kappa shape index (κ2) is 7.67. The molecule has 0 radical (unpaired) electrons. The van der Waals surface area contributed by atoms with Gasteiger partial charge in [0.05, 0.1) is 10.5 Å². The predicted octanol–water partition coefficient (Wildman–Crippen LogP) is 0.341. The molecule has 4 N–H and O–H groups in total. The van der Waals surface area contributed by atoms with Crippen molar-refractivity contribution in [2.45, 2.75) is 18.9 Å². The Balaban J connectivity index is 3.16. The highest BCUT2D eigenvalue weighted by molar-refractivity contribution is 6.08. The van der Waals surface area contributed by atoms with Crippen LogP contribution in [0.3, 0.4) is 0 Å². The lowest BCUT2D eigenvalue weighted by Gasteiger charge is -2.14. The molecule has 11 nitrogen and oxygen atoms in total. The highest BCUT2D eigenvalue weighted by Gasteiger charge is 2.29. The van der Waals surface area contributed by atoms with Crippen LogP contribution >= 0.6 is 0 Å². The zero-order chi connectivity index (χ0) is 18.4. The number of aromatic carboxylic acids is 1. The SMILES string of the molecule is O=C(O)CC[C@H](NC(=O)c1cccc([N+](=O)[O-])c1C(=O)O)C(=O)O. The molecule has 24 heavy (non-hydrogen) atoms. The second-order valence-electron chi connectivity index (χ2n) is 4.56. The Hall–Kier alpha value is -3.50. The molecule has 0 aliphatic carbocycles. The van der Waals surface area contributed by atoms with Gasteiger partial charge in [-0.1, -0.05) is 6.07 Å². The van der Waals surface area contributed by atoms with Crippen molar-refractivity contribution in [3.8, 4) is 0 Å². The van der Waals surface area contributed by atoms with E-state index in [2.05, 4.69) is 0 Å². The average Bonchev–Trinajstić information content (AvgIpc) is 2.49. The molecule has 0 saturated carbocycles. The number of amides is 1. The summed E-state index contributed by atoms with van der Waals surface area (Å²) in [7, 11) is 0. The fraction of sp³-hybridized carbons (Fsp3) is 0.231. The lowest BCUT2D eigenvalue weighted by atomic mass is 10.0. The molecule has 128 valence electrons. The molecule has 11 heteroatoms. The number of hydrogen-bond acceptors (Lipinski definition) is 6. The Morgan fingerprint density at radius 3 is 2.25 bits per heavy atom. The van der Waals surface area contributed by atoms with Crippen LogP contribution in [0.1, 0.15) is 33.6 Å². The molecule has 1 atom stereocenters. The largest absolute Gasteiger partial charge is 0.481 e. The number of carbonyl (C=O) groups excluding carboxylic acids is 1. The van der Waals surface area contributed by atoms with E-state index in [1.165, 1.54) is 0 Å². The summed E-state index contributed by atoms with van der Waals surface area (Å²) in [6, 6.07) is 1.36. The van der Waals surface area contributed by atoms with E-state index in [1.807, 2.05) is 5.32 Å². The zero-order valence-electron chi connectivity index (χ0n) is 12.0. The van der Waals surface area contributed by atoms with Gasteiger partial charge in [-0.15, -0.1) is 0 Å². The molecule has 0 heterocycles. The summed E-state index contributed by atoms with van der Waals surface area (Å²) >= 11 is 0. The van der Waals surface area contributed by atoms with Crippen LogP contribution in [-0.4, -0.2) is 50.1 Å². The lowest BCUT2D eigenvalue weighted by molar-refractivity contribution is -0.385. The summed E-state index contributed by atoms with van der Waals surface area (Å²) in [6.45, 7) is 0. The number of hydrogen-bond donors (Lipinski definition) is 4. The van der Waals surface area contributed by atoms with Gasteiger partial charge in [-0.2, -0.15) is 0 Å². The lowest BCUT2D eigenvalue weighted by Crippen LogP contribution is -2.41. The van der Waals surface area contributed by atoms with Crippen molar-refractivity contribution in [1.82, 2.24) is 5.32 Å². The molecular weight excluding hydrogens is 328 g/mol. The third-order valence-electron chi connectivity index (χ3n) is 2.95. The van der Waals surface area contributed by atoms with E-state index < -0.39 is 64.4 Å². The highest BCUT2D eigenvalue weighted by Crippen LogP contribution is 2.22. The summed E-state index contributed by atoms with van der Waals surface area (Å²) in [5.74, 6) is -5.71. The van der Waals surface area contributed by atoms with Crippen molar-refractivity contribution in [2.75, 3.05) is 0 Å². The topological polar surface area (TPSA) is 184 Å². The number of carboxylic acid groups (broad SMARTS) is 3. The third-order valence-corrected chi connectivity index (χ3v) is 2.95. The van der Waals surface area contributed by atoms with E-state index in [-0.39, 0.29) is 0 Å². The van der Waals surface area contributed by atoms with Gasteiger partial charge < -0.3 is 20.6 Å². The molecule has 0 aliphatic rings. The van der Waals surface area contributed by atoms with Crippen LogP contribution in [-0.2, 0) is 9.59 Å². The molecule has 0 aromatic heterocycles. The number of nitrogens with zero attached hydrogens (tertiary/aromatic N) is 1. The molecule has 1 amide bonds. The first-order valence-electron chi connectivity index (χ1n) is 6.41. The van der Waals surface area contributed by atoms with Crippen LogP contribution < -0.4 is 5.32 Å². The van der Waals surface area contributed by atoms with Crippen LogP contribution in [0.5, 0.6) is 0 Å². The summed E-state index contributed by atoms with van der Waals surface area (Å²) < 4.78 is 0. The molecule has 0 spiro atoms. The highest BCUT2D eigenvalue weighted by atomic mass is 16.6. The van der Waals surface area contributed by atoms with Crippen molar-refractivity contribution < 1.29 is 39.4 Å². The normalized spacial score (nSPS) is 11.3. The molecule has 0 bridgehead atoms. The van der Waals surface area contributed by atoms with Gasteiger partial charge in [0.25, 0.3) is 11.6 Å². The summed E-state index contributed by atoms with van der Waals surface area (Å²) in [5.41, 5.74) is -2.31. The van der Waals surface area contributed by atoms with Gasteiger partial charge in [-0.3, -0.25) is 19.7 Å².